The van der Waals surface area contributed by atoms with Gasteiger partial charge in [-0.05, 0) is 25.7 Å². The maximum Gasteiger partial charge on any atom is 0.191 e. The highest BCUT2D eigenvalue weighted by molar-refractivity contribution is 14.0. The van der Waals surface area contributed by atoms with Crippen LogP contribution >= 0.6 is 24.0 Å². The summed E-state index contributed by atoms with van der Waals surface area (Å²) in [6, 6.07) is 0. The first-order chi connectivity index (χ1) is 8.29. The van der Waals surface area contributed by atoms with Gasteiger partial charge in [0.15, 0.2) is 11.8 Å². The SMILES string of the molecule is CCNC(=NCc1nncn1C)NCC1CC1.I. The molecule has 0 unspecified atom stereocenters. The first kappa shape index (κ1) is 15.2. The van der Waals surface area contributed by atoms with Gasteiger partial charge in [0.1, 0.15) is 12.9 Å². The van der Waals surface area contributed by atoms with E-state index < -0.39 is 0 Å². The van der Waals surface area contributed by atoms with E-state index in [9.17, 15) is 0 Å². The number of hydrogen-bond donors (Lipinski definition) is 2. The largest absolute Gasteiger partial charge is 0.357 e. The summed E-state index contributed by atoms with van der Waals surface area (Å²) in [5.74, 6) is 2.57. The van der Waals surface area contributed by atoms with Crippen molar-refractivity contribution in [3.63, 3.8) is 0 Å². The van der Waals surface area contributed by atoms with Crippen molar-refractivity contribution in [1.29, 1.82) is 0 Å². The normalized spacial score (nSPS) is 15.1. The maximum atomic E-state index is 4.49. The Hall–Kier alpha value is -0.860. The number of guanidine groups is 1. The molecule has 1 aliphatic rings. The number of halogens is 1. The lowest BCUT2D eigenvalue weighted by atomic mass is 10.4. The first-order valence-corrected chi connectivity index (χ1v) is 6.14. The minimum absolute atomic E-state index is 0. The summed E-state index contributed by atoms with van der Waals surface area (Å²) in [5, 5.41) is 14.4. The van der Waals surface area contributed by atoms with Gasteiger partial charge >= 0.3 is 0 Å². The summed E-state index contributed by atoms with van der Waals surface area (Å²) in [7, 11) is 1.93. The lowest BCUT2D eigenvalue weighted by molar-refractivity contribution is 0.729. The molecule has 0 aromatic carbocycles. The molecule has 1 aromatic heterocycles. The molecule has 1 heterocycles. The third kappa shape index (κ3) is 4.79. The van der Waals surface area contributed by atoms with Crippen LogP contribution < -0.4 is 10.6 Å². The zero-order chi connectivity index (χ0) is 12.1. The standard InChI is InChI=1S/C11H20N6.HI/c1-3-12-11(13-6-9-4-5-9)14-7-10-16-15-8-17(10)2;/h8-9H,3-7H2,1-2H3,(H2,12,13,14);1H. The second-order valence-corrected chi connectivity index (χ2v) is 4.38. The fourth-order valence-electron chi connectivity index (χ4n) is 1.50. The van der Waals surface area contributed by atoms with Crippen LogP contribution in [0.3, 0.4) is 0 Å². The van der Waals surface area contributed by atoms with Crippen LogP contribution in [0.25, 0.3) is 0 Å². The van der Waals surface area contributed by atoms with Crippen molar-refractivity contribution in [2.75, 3.05) is 13.1 Å². The van der Waals surface area contributed by atoms with E-state index in [2.05, 4.69) is 32.7 Å². The highest BCUT2D eigenvalue weighted by atomic mass is 127. The molecule has 1 aliphatic carbocycles. The average molecular weight is 364 g/mol. The molecule has 0 aliphatic heterocycles. The van der Waals surface area contributed by atoms with Crippen LogP contribution in [-0.2, 0) is 13.6 Å². The summed E-state index contributed by atoms with van der Waals surface area (Å²) < 4.78 is 1.88. The summed E-state index contributed by atoms with van der Waals surface area (Å²) in [6.45, 7) is 4.51. The molecule has 1 saturated carbocycles. The molecule has 2 N–H and O–H groups in total. The van der Waals surface area contributed by atoms with Crippen molar-refractivity contribution in [1.82, 2.24) is 25.4 Å². The molecule has 1 aromatic rings. The fourth-order valence-corrected chi connectivity index (χ4v) is 1.50. The number of nitrogens with one attached hydrogen (secondary N) is 2. The average Bonchev–Trinajstić information content (AvgIpc) is 3.06. The summed E-state index contributed by atoms with van der Waals surface area (Å²) in [4.78, 5) is 4.49. The minimum Gasteiger partial charge on any atom is -0.357 e. The van der Waals surface area contributed by atoms with Crippen LogP contribution in [-0.4, -0.2) is 33.8 Å². The van der Waals surface area contributed by atoms with Gasteiger partial charge < -0.3 is 15.2 Å². The van der Waals surface area contributed by atoms with E-state index in [-0.39, 0.29) is 24.0 Å². The number of aliphatic imine (C=N–C) groups is 1. The van der Waals surface area contributed by atoms with E-state index in [4.69, 9.17) is 0 Å². The van der Waals surface area contributed by atoms with Crippen LogP contribution in [0.4, 0.5) is 0 Å². The molecular weight excluding hydrogens is 343 g/mol. The Morgan fingerprint density at radius 1 is 1.50 bits per heavy atom. The Morgan fingerprint density at radius 2 is 2.28 bits per heavy atom. The molecule has 0 spiro atoms. The lowest BCUT2D eigenvalue weighted by Gasteiger charge is -2.10. The lowest BCUT2D eigenvalue weighted by Crippen LogP contribution is -2.38. The highest BCUT2D eigenvalue weighted by Gasteiger charge is 2.21. The van der Waals surface area contributed by atoms with Crippen molar-refractivity contribution in [3.05, 3.63) is 12.2 Å². The molecule has 0 bridgehead atoms. The number of aryl methyl sites for hydroxylation is 1. The van der Waals surface area contributed by atoms with Crippen LogP contribution in [0.1, 0.15) is 25.6 Å². The molecule has 0 amide bonds. The number of nitrogens with zero attached hydrogens (tertiary/aromatic N) is 4. The molecule has 0 radical (unpaired) electrons. The molecule has 18 heavy (non-hydrogen) atoms. The quantitative estimate of drug-likeness (QED) is 0.463. The van der Waals surface area contributed by atoms with Crippen LogP contribution in [0, 0.1) is 5.92 Å². The van der Waals surface area contributed by atoms with E-state index in [0.29, 0.717) is 6.54 Å². The van der Waals surface area contributed by atoms with Crippen LogP contribution in [0.15, 0.2) is 11.3 Å². The number of rotatable bonds is 5. The van der Waals surface area contributed by atoms with E-state index >= 15 is 0 Å². The number of hydrogen-bond acceptors (Lipinski definition) is 3. The van der Waals surface area contributed by atoms with Gasteiger partial charge in [0.25, 0.3) is 0 Å². The minimum atomic E-state index is 0. The molecule has 0 atom stereocenters. The monoisotopic (exact) mass is 364 g/mol. The Bertz CT molecular complexity index is 385. The van der Waals surface area contributed by atoms with Crippen molar-refractivity contribution < 1.29 is 0 Å². The summed E-state index contributed by atoms with van der Waals surface area (Å²) in [6.07, 6.45) is 4.38. The topological polar surface area (TPSA) is 67.1 Å². The van der Waals surface area contributed by atoms with Crippen LogP contribution in [0.2, 0.25) is 0 Å². The predicted molar refractivity (Wildman–Crippen MR) is 82.0 cm³/mol. The van der Waals surface area contributed by atoms with E-state index in [1.165, 1.54) is 12.8 Å². The molecule has 7 heteroatoms. The fraction of sp³-hybridized carbons (Fsp3) is 0.727. The van der Waals surface area contributed by atoms with Gasteiger partial charge in [-0.2, -0.15) is 0 Å². The van der Waals surface area contributed by atoms with Crippen molar-refractivity contribution in [2.24, 2.45) is 18.0 Å². The van der Waals surface area contributed by atoms with E-state index in [1.54, 1.807) is 6.33 Å². The first-order valence-electron chi connectivity index (χ1n) is 6.14. The Balaban J connectivity index is 0.00000162. The molecule has 6 nitrogen and oxygen atoms in total. The van der Waals surface area contributed by atoms with Gasteiger partial charge in [-0.1, -0.05) is 0 Å². The molecule has 102 valence electrons. The van der Waals surface area contributed by atoms with Gasteiger partial charge in [0.2, 0.25) is 0 Å². The highest BCUT2D eigenvalue weighted by Crippen LogP contribution is 2.27. The van der Waals surface area contributed by atoms with Crippen molar-refractivity contribution in [2.45, 2.75) is 26.3 Å². The third-order valence-electron chi connectivity index (χ3n) is 2.78. The zero-order valence-electron chi connectivity index (χ0n) is 10.9. The van der Waals surface area contributed by atoms with Gasteiger partial charge in [0.05, 0.1) is 0 Å². The third-order valence-corrected chi connectivity index (χ3v) is 2.78. The van der Waals surface area contributed by atoms with Gasteiger partial charge in [-0.3, -0.25) is 0 Å². The number of aromatic nitrogens is 3. The molecule has 0 saturated heterocycles. The van der Waals surface area contributed by atoms with Gasteiger partial charge in [-0.15, -0.1) is 34.2 Å². The van der Waals surface area contributed by atoms with Crippen LogP contribution in [0.5, 0.6) is 0 Å². The Kier molecular flexibility index (Phi) is 6.37. The molecule has 1 fully saturated rings. The second kappa shape index (κ2) is 7.55. The van der Waals surface area contributed by atoms with Gasteiger partial charge in [0, 0.05) is 20.1 Å². The van der Waals surface area contributed by atoms with Crippen molar-refractivity contribution in [3.8, 4) is 0 Å². The van der Waals surface area contributed by atoms with Gasteiger partial charge in [-0.25, -0.2) is 4.99 Å². The Labute approximate surface area is 125 Å². The summed E-state index contributed by atoms with van der Waals surface area (Å²) in [5.41, 5.74) is 0. The second-order valence-electron chi connectivity index (χ2n) is 4.38. The smallest absolute Gasteiger partial charge is 0.191 e. The molecule has 2 rings (SSSR count). The maximum absolute atomic E-state index is 4.49. The van der Waals surface area contributed by atoms with Crippen molar-refractivity contribution >= 4 is 29.9 Å². The molecular formula is C11H21IN6. The zero-order valence-corrected chi connectivity index (χ0v) is 13.2. The Morgan fingerprint density at radius 3 is 2.83 bits per heavy atom. The predicted octanol–water partition coefficient (Wildman–Crippen LogP) is 0.898. The summed E-state index contributed by atoms with van der Waals surface area (Å²) >= 11 is 0. The van der Waals surface area contributed by atoms with E-state index in [0.717, 1.165) is 30.8 Å². The van der Waals surface area contributed by atoms with E-state index in [1.807, 2.05) is 11.6 Å².